The summed E-state index contributed by atoms with van der Waals surface area (Å²) >= 11 is 0. The molecule has 0 amide bonds. The van der Waals surface area contributed by atoms with Crippen molar-refractivity contribution in [3.8, 4) is 0 Å². The number of hydrogen-bond acceptors (Lipinski definition) is 2. The second-order valence-electron chi connectivity index (χ2n) is 6.96. The molecule has 3 heteroatoms. The fourth-order valence-electron chi connectivity index (χ4n) is 4.14. The first kappa shape index (κ1) is 14.6. The molecule has 2 aliphatic rings. The van der Waals surface area contributed by atoms with Gasteiger partial charge in [0, 0.05) is 13.1 Å². The summed E-state index contributed by atoms with van der Waals surface area (Å²) in [7, 11) is 0. The van der Waals surface area contributed by atoms with Crippen molar-refractivity contribution in [3.05, 3.63) is 35.4 Å². The number of aliphatic carboxylic acids is 1. The number of nitrogens with zero attached hydrogens (tertiary/aromatic N) is 1. The molecule has 3 nitrogen and oxygen atoms in total. The molecule has 1 aliphatic heterocycles. The van der Waals surface area contributed by atoms with Gasteiger partial charge in [-0.3, -0.25) is 9.69 Å². The number of benzene rings is 1. The molecular formula is C18H25NO2. The largest absolute Gasteiger partial charge is 0.480 e. The van der Waals surface area contributed by atoms with Gasteiger partial charge < -0.3 is 5.11 Å². The summed E-state index contributed by atoms with van der Waals surface area (Å²) in [6, 6.07) is 8.38. The highest BCUT2D eigenvalue weighted by Crippen LogP contribution is 2.42. The monoisotopic (exact) mass is 287 g/mol. The third-order valence-corrected chi connectivity index (χ3v) is 5.27. The van der Waals surface area contributed by atoms with Crippen LogP contribution in [-0.4, -0.2) is 28.6 Å². The number of carboxylic acids is 1. The van der Waals surface area contributed by atoms with E-state index in [2.05, 4.69) is 43.0 Å². The van der Waals surface area contributed by atoms with Gasteiger partial charge >= 0.3 is 5.97 Å². The van der Waals surface area contributed by atoms with E-state index in [4.69, 9.17) is 0 Å². The molecule has 0 radical (unpaired) electrons. The summed E-state index contributed by atoms with van der Waals surface area (Å²) in [5.74, 6) is 0.874. The Kier molecular flexibility index (Phi) is 4.03. The molecule has 0 bridgehead atoms. The minimum Gasteiger partial charge on any atom is -0.480 e. The molecule has 0 aromatic heterocycles. The zero-order chi connectivity index (χ0) is 15.0. The van der Waals surface area contributed by atoms with Crippen LogP contribution < -0.4 is 0 Å². The van der Waals surface area contributed by atoms with Gasteiger partial charge in [-0.2, -0.15) is 0 Å². The minimum absolute atomic E-state index is 0.276. The van der Waals surface area contributed by atoms with E-state index in [9.17, 15) is 9.90 Å². The molecule has 1 saturated carbocycles. The summed E-state index contributed by atoms with van der Waals surface area (Å²) in [6.45, 7) is 6.10. The predicted molar refractivity (Wildman–Crippen MR) is 83.2 cm³/mol. The fourth-order valence-corrected chi connectivity index (χ4v) is 4.14. The first-order valence-corrected chi connectivity index (χ1v) is 8.12. The first-order chi connectivity index (χ1) is 10.1. The number of likely N-dealkylation sites (tertiary alicyclic amines) is 1. The molecule has 1 N–H and O–H groups in total. The topological polar surface area (TPSA) is 40.5 Å². The maximum atomic E-state index is 11.6. The van der Waals surface area contributed by atoms with Gasteiger partial charge in [0.25, 0.3) is 0 Å². The smallest absolute Gasteiger partial charge is 0.321 e. The molecule has 2 fully saturated rings. The standard InChI is InChI=1S/C18H25NO2/c1-12(2)14-8-6-13(7-9-14)10-19-11-15-4-3-5-16(15)17(19)18(20)21/h6-9,12,15-17H,3-5,10-11H2,1-2H3,(H,20,21). The minimum atomic E-state index is -0.636. The van der Waals surface area contributed by atoms with Crippen LogP contribution in [0.3, 0.4) is 0 Å². The average Bonchev–Trinajstić information content (AvgIpc) is 2.98. The van der Waals surface area contributed by atoms with Crippen LogP contribution in [0.25, 0.3) is 0 Å². The van der Waals surface area contributed by atoms with Crippen LogP contribution in [0.2, 0.25) is 0 Å². The molecule has 3 rings (SSSR count). The second-order valence-corrected chi connectivity index (χ2v) is 6.96. The lowest BCUT2D eigenvalue weighted by molar-refractivity contribution is -0.143. The second kappa shape index (κ2) is 5.80. The van der Waals surface area contributed by atoms with E-state index in [1.54, 1.807) is 0 Å². The fraction of sp³-hybridized carbons (Fsp3) is 0.611. The lowest BCUT2D eigenvalue weighted by Gasteiger charge is -2.24. The van der Waals surface area contributed by atoms with Gasteiger partial charge in [0.1, 0.15) is 6.04 Å². The first-order valence-electron chi connectivity index (χ1n) is 8.12. The number of carboxylic acid groups (broad SMARTS) is 1. The van der Waals surface area contributed by atoms with Crippen LogP contribution in [-0.2, 0) is 11.3 Å². The van der Waals surface area contributed by atoms with Crippen molar-refractivity contribution in [1.82, 2.24) is 4.90 Å². The van der Waals surface area contributed by atoms with E-state index in [0.717, 1.165) is 19.5 Å². The predicted octanol–water partition coefficient (Wildman–Crippen LogP) is 3.50. The summed E-state index contributed by atoms with van der Waals surface area (Å²) in [5, 5.41) is 9.58. The maximum absolute atomic E-state index is 11.6. The summed E-state index contributed by atoms with van der Waals surface area (Å²) in [5.41, 5.74) is 2.57. The van der Waals surface area contributed by atoms with Gasteiger partial charge in [0.15, 0.2) is 0 Å². The van der Waals surface area contributed by atoms with Crippen molar-refractivity contribution in [2.75, 3.05) is 6.54 Å². The van der Waals surface area contributed by atoms with Crippen molar-refractivity contribution in [2.24, 2.45) is 11.8 Å². The Morgan fingerprint density at radius 2 is 2.00 bits per heavy atom. The molecule has 0 spiro atoms. The molecule has 21 heavy (non-hydrogen) atoms. The van der Waals surface area contributed by atoms with Gasteiger partial charge in [-0.05, 0) is 41.7 Å². The molecule has 1 heterocycles. The number of rotatable bonds is 4. The average molecular weight is 287 g/mol. The summed E-state index contributed by atoms with van der Waals surface area (Å²) < 4.78 is 0. The summed E-state index contributed by atoms with van der Waals surface area (Å²) in [4.78, 5) is 13.8. The van der Waals surface area contributed by atoms with E-state index < -0.39 is 5.97 Å². The molecule has 1 aliphatic carbocycles. The van der Waals surface area contributed by atoms with Crippen molar-refractivity contribution in [3.63, 3.8) is 0 Å². The number of fused-ring (bicyclic) bond motifs is 1. The van der Waals surface area contributed by atoms with Gasteiger partial charge in [-0.25, -0.2) is 0 Å². The Morgan fingerprint density at radius 3 is 2.62 bits per heavy atom. The van der Waals surface area contributed by atoms with Crippen molar-refractivity contribution < 1.29 is 9.90 Å². The number of hydrogen-bond donors (Lipinski definition) is 1. The summed E-state index contributed by atoms with van der Waals surface area (Å²) in [6.07, 6.45) is 3.50. The van der Waals surface area contributed by atoms with Gasteiger partial charge in [0.05, 0.1) is 0 Å². The molecular weight excluding hydrogens is 262 g/mol. The van der Waals surface area contributed by atoms with Crippen molar-refractivity contribution >= 4 is 5.97 Å². The normalized spacial score (nSPS) is 29.0. The lowest BCUT2D eigenvalue weighted by atomic mass is 9.94. The highest BCUT2D eigenvalue weighted by atomic mass is 16.4. The van der Waals surface area contributed by atoms with Crippen LogP contribution >= 0.6 is 0 Å². The molecule has 114 valence electrons. The van der Waals surface area contributed by atoms with Gasteiger partial charge in [-0.15, -0.1) is 0 Å². The molecule has 3 unspecified atom stereocenters. The van der Waals surface area contributed by atoms with Crippen LogP contribution in [0.4, 0.5) is 0 Å². The quantitative estimate of drug-likeness (QED) is 0.921. The molecule has 3 atom stereocenters. The van der Waals surface area contributed by atoms with Crippen LogP contribution in [0.1, 0.15) is 50.2 Å². The van der Waals surface area contributed by atoms with Crippen LogP contribution in [0.5, 0.6) is 0 Å². The van der Waals surface area contributed by atoms with E-state index in [1.807, 2.05) is 0 Å². The SMILES string of the molecule is CC(C)c1ccc(CN2CC3CCCC3C2C(=O)O)cc1. The lowest BCUT2D eigenvalue weighted by Crippen LogP contribution is -2.39. The van der Waals surface area contributed by atoms with Crippen molar-refractivity contribution in [2.45, 2.75) is 51.6 Å². The third-order valence-electron chi connectivity index (χ3n) is 5.27. The third kappa shape index (κ3) is 2.84. The van der Waals surface area contributed by atoms with E-state index in [0.29, 0.717) is 17.8 Å². The van der Waals surface area contributed by atoms with E-state index in [1.165, 1.54) is 24.0 Å². The van der Waals surface area contributed by atoms with Crippen LogP contribution in [0.15, 0.2) is 24.3 Å². The van der Waals surface area contributed by atoms with Crippen LogP contribution in [0, 0.1) is 11.8 Å². The zero-order valence-corrected chi connectivity index (χ0v) is 13.0. The highest BCUT2D eigenvalue weighted by Gasteiger charge is 2.47. The van der Waals surface area contributed by atoms with Gasteiger partial charge in [0.2, 0.25) is 0 Å². The Balaban J connectivity index is 1.73. The van der Waals surface area contributed by atoms with Crippen molar-refractivity contribution in [1.29, 1.82) is 0 Å². The zero-order valence-electron chi connectivity index (χ0n) is 13.0. The molecule has 1 aromatic carbocycles. The highest BCUT2D eigenvalue weighted by molar-refractivity contribution is 5.74. The maximum Gasteiger partial charge on any atom is 0.321 e. The molecule has 1 aromatic rings. The molecule has 1 saturated heterocycles. The number of carbonyl (C=O) groups is 1. The van der Waals surface area contributed by atoms with Gasteiger partial charge in [-0.1, -0.05) is 44.5 Å². The Bertz CT molecular complexity index is 508. The van der Waals surface area contributed by atoms with E-state index >= 15 is 0 Å². The van der Waals surface area contributed by atoms with E-state index in [-0.39, 0.29) is 6.04 Å². The Labute approximate surface area is 127 Å². The Hall–Kier alpha value is -1.35. The Morgan fingerprint density at radius 1 is 1.29 bits per heavy atom.